The molecule has 0 saturated carbocycles. The van der Waals surface area contributed by atoms with Crippen LogP contribution in [0.2, 0.25) is 0 Å². The maximum absolute atomic E-state index is 13.4. The lowest BCUT2D eigenvalue weighted by molar-refractivity contribution is -0.207. The summed E-state index contributed by atoms with van der Waals surface area (Å²) >= 11 is 0. The van der Waals surface area contributed by atoms with Crippen LogP contribution in [-0.2, 0) is 19.6 Å². The van der Waals surface area contributed by atoms with Gasteiger partial charge >= 0.3 is 12.1 Å². The molecule has 9 heteroatoms. The molecule has 1 saturated heterocycles. The Labute approximate surface area is 179 Å². The highest BCUT2D eigenvalue weighted by Crippen LogP contribution is 2.44. The number of nitrogens with zero attached hydrogens (tertiary/aromatic N) is 1. The molecular formula is C22H24F3NO4S. The maximum atomic E-state index is 13.4. The number of esters is 1. The minimum absolute atomic E-state index is 0.0368. The minimum Gasteiger partial charge on any atom is -0.449 e. The van der Waals surface area contributed by atoms with E-state index in [4.69, 9.17) is 4.74 Å². The summed E-state index contributed by atoms with van der Waals surface area (Å²) in [5, 5.41) is 0. The van der Waals surface area contributed by atoms with Crippen molar-refractivity contribution >= 4 is 16.0 Å². The van der Waals surface area contributed by atoms with Crippen molar-refractivity contribution in [3.8, 4) is 0 Å². The normalized spacial score (nSPS) is 20.4. The monoisotopic (exact) mass is 455 g/mol. The van der Waals surface area contributed by atoms with Crippen LogP contribution >= 0.6 is 0 Å². The molecule has 2 aromatic carbocycles. The Balaban J connectivity index is 2.07. The van der Waals surface area contributed by atoms with Crippen molar-refractivity contribution in [2.75, 3.05) is 6.54 Å². The molecular weight excluding hydrogens is 431 g/mol. The molecule has 5 nitrogen and oxygen atoms in total. The van der Waals surface area contributed by atoms with Gasteiger partial charge in [0.1, 0.15) is 6.10 Å². The highest BCUT2D eigenvalue weighted by molar-refractivity contribution is 7.89. The molecule has 1 aliphatic rings. The third kappa shape index (κ3) is 5.10. The van der Waals surface area contributed by atoms with Gasteiger partial charge in [0, 0.05) is 6.54 Å². The second-order valence-electron chi connectivity index (χ2n) is 8.53. The molecule has 0 spiro atoms. The second-order valence-corrected chi connectivity index (χ2v) is 10.4. The molecule has 0 N–H and O–H groups in total. The lowest BCUT2D eigenvalue weighted by atomic mass is 9.88. The molecule has 1 aliphatic heterocycles. The number of hydrogen-bond donors (Lipinski definition) is 0. The predicted octanol–water partition coefficient (Wildman–Crippen LogP) is 4.63. The van der Waals surface area contributed by atoms with E-state index >= 15 is 0 Å². The molecule has 168 valence electrons. The van der Waals surface area contributed by atoms with Crippen molar-refractivity contribution in [1.29, 1.82) is 0 Å². The van der Waals surface area contributed by atoms with E-state index in [0.29, 0.717) is 5.56 Å². The van der Waals surface area contributed by atoms with Gasteiger partial charge in [-0.1, -0.05) is 61.9 Å². The number of sulfonamides is 1. The third-order valence-corrected chi connectivity index (χ3v) is 7.17. The zero-order chi connectivity index (χ0) is 23.0. The average molecular weight is 455 g/mol. The number of halogens is 3. The van der Waals surface area contributed by atoms with Crippen molar-refractivity contribution in [2.45, 2.75) is 50.4 Å². The van der Waals surface area contributed by atoms with Crippen LogP contribution in [0.3, 0.4) is 0 Å². The van der Waals surface area contributed by atoms with Gasteiger partial charge in [-0.25, -0.2) is 13.2 Å². The van der Waals surface area contributed by atoms with Crippen LogP contribution in [0.5, 0.6) is 0 Å². The molecule has 3 rings (SSSR count). The fourth-order valence-corrected chi connectivity index (χ4v) is 5.64. The van der Waals surface area contributed by atoms with Gasteiger partial charge in [0.25, 0.3) is 0 Å². The molecule has 1 heterocycles. The number of ether oxygens (including phenoxy) is 1. The minimum atomic E-state index is -5.19. The lowest BCUT2D eigenvalue weighted by Crippen LogP contribution is -2.42. The van der Waals surface area contributed by atoms with Gasteiger partial charge in [-0.3, -0.25) is 0 Å². The fraction of sp³-hybridized carbons (Fsp3) is 0.409. The molecule has 1 fully saturated rings. The van der Waals surface area contributed by atoms with Crippen LogP contribution in [0.15, 0.2) is 59.5 Å². The summed E-state index contributed by atoms with van der Waals surface area (Å²) in [6.45, 7) is 5.57. The predicted molar refractivity (Wildman–Crippen MR) is 109 cm³/mol. The van der Waals surface area contributed by atoms with E-state index < -0.39 is 39.7 Å². The van der Waals surface area contributed by atoms with E-state index in [2.05, 4.69) is 0 Å². The summed E-state index contributed by atoms with van der Waals surface area (Å²) < 4.78 is 71.9. The van der Waals surface area contributed by atoms with Crippen molar-refractivity contribution in [2.24, 2.45) is 5.41 Å². The van der Waals surface area contributed by atoms with Gasteiger partial charge < -0.3 is 4.74 Å². The summed E-state index contributed by atoms with van der Waals surface area (Å²) in [5.41, 5.74) is 0.644. The maximum Gasteiger partial charge on any atom is 0.490 e. The number of carbonyl (C=O) groups excluding carboxylic acids is 1. The van der Waals surface area contributed by atoms with Crippen LogP contribution in [0, 0.1) is 12.3 Å². The molecule has 31 heavy (non-hydrogen) atoms. The number of benzene rings is 2. The lowest BCUT2D eigenvalue weighted by Gasteiger charge is -2.31. The first-order valence-corrected chi connectivity index (χ1v) is 11.2. The van der Waals surface area contributed by atoms with Gasteiger partial charge in [0.2, 0.25) is 10.0 Å². The van der Waals surface area contributed by atoms with E-state index in [1.54, 1.807) is 30.3 Å². The summed E-state index contributed by atoms with van der Waals surface area (Å²) in [6, 6.07) is 13.2. The fourth-order valence-electron chi connectivity index (χ4n) is 3.83. The molecule has 2 atom stereocenters. The molecule has 0 aromatic heterocycles. The SMILES string of the molecule is Cc1ccc(S(=O)(=O)N2CC(C)(C)CC2C(OC(=O)C(F)(F)F)c2ccccc2)cc1. The van der Waals surface area contributed by atoms with Crippen molar-refractivity contribution in [3.63, 3.8) is 0 Å². The molecule has 0 radical (unpaired) electrons. The van der Waals surface area contributed by atoms with Gasteiger partial charge in [-0.2, -0.15) is 17.5 Å². The summed E-state index contributed by atoms with van der Waals surface area (Å²) in [4.78, 5) is 11.8. The van der Waals surface area contributed by atoms with E-state index in [-0.39, 0.29) is 17.9 Å². The van der Waals surface area contributed by atoms with Crippen LogP contribution in [0.1, 0.15) is 37.5 Å². The highest BCUT2D eigenvalue weighted by atomic mass is 32.2. The molecule has 2 unspecified atom stereocenters. The largest absolute Gasteiger partial charge is 0.490 e. The first-order valence-electron chi connectivity index (χ1n) is 9.72. The van der Waals surface area contributed by atoms with E-state index in [1.807, 2.05) is 20.8 Å². The number of hydrogen-bond acceptors (Lipinski definition) is 4. The van der Waals surface area contributed by atoms with E-state index in [0.717, 1.165) is 5.56 Å². The third-order valence-electron chi connectivity index (χ3n) is 5.29. The van der Waals surface area contributed by atoms with Crippen molar-refractivity contribution < 1.29 is 31.1 Å². The highest BCUT2D eigenvalue weighted by Gasteiger charge is 2.51. The van der Waals surface area contributed by atoms with Gasteiger partial charge in [0.15, 0.2) is 0 Å². The Morgan fingerprint density at radius 2 is 1.68 bits per heavy atom. The molecule has 0 amide bonds. The van der Waals surface area contributed by atoms with Crippen molar-refractivity contribution in [3.05, 3.63) is 65.7 Å². The van der Waals surface area contributed by atoms with Gasteiger partial charge in [-0.05, 0) is 36.5 Å². The number of aryl methyl sites for hydroxylation is 1. The average Bonchev–Trinajstić information content (AvgIpc) is 3.02. The van der Waals surface area contributed by atoms with E-state index in [9.17, 15) is 26.4 Å². The molecule has 0 aliphatic carbocycles. The van der Waals surface area contributed by atoms with Crippen molar-refractivity contribution in [1.82, 2.24) is 4.31 Å². The topological polar surface area (TPSA) is 63.7 Å². The Morgan fingerprint density at radius 1 is 1.10 bits per heavy atom. The smallest absolute Gasteiger partial charge is 0.449 e. The Hall–Kier alpha value is -2.39. The van der Waals surface area contributed by atoms with Gasteiger partial charge in [0.05, 0.1) is 10.9 Å². The summed E-state index contributed by atoms with van der Waals surface area (Å²) in [6.07, 6.45) is -6.37. The Bertz CT molecular complexity index is 1030. The van der Waals surface area contributed by atoms with Crippen LogP contribution in [0.25, 0.3) is 0 Å². The zero-order valence-corrected chi connectivity index (χ0v) is 18.2. The standard InChI is InChI=1S/C22H24F3NO4S/c1-15-9-11-17(12-10-15)31(28,29)26-14-21(2,3)13-18(26)19(16-7-5-4-6-8-16)30-20(27)22(23,24)25/h4-12,18-19H,13-14H2,1-3H3. The summed E-state index contributed by atoms with van der Waals surface area (Å²) in [5.74, 6) is -2.35. The number of carbonyl (C=O) groups is 1. The molecule has 2 aromatic rings. The first-order chi connectivity index (χ1) is 14.3. The number of alkyl halides is 3. The summed E-state index contributed by atoms with van der Waals surface area (Å²) in [7, 11) is -4.04. The second kappa shape index (κ2) is 8.27. The molecule has 0 bridgehead atoms. The van der Waals surface area contributed by atoms with Crippen LogP contribution in [0.4, 0.5) is 13.2 Å². The van der Waals surface area contributed by atoms with E-state index in [1.165, 1.54) is 28.6 Å². The quantitative estimate of drug-likeness (QED) is 0.617. The van der Waals surface area contributed by atoms with Crippen LogP contribution < -0.4 is 0 Å². The Morgan fingerprint density at radius 3 is 2.23 bits per heavy atom. The number of rotatable bonds is 5. The van der Waals surface area contributed by atoms with Gasteiger partial charge in [-0.15, -0.1) is 0 Å². The van der Waals surface area contributed by atoms with Crippen LogP contribution in [-0.4, -0.2) is 37.5 Å². The zero-order valence-electron chi connectivity index (χ0n) is 17.4. The first kappa shape index (κ1) is 23.3. The Kier molecular flexibility index (Phi) is 6.21.